The minimum atomic E-state index is -1.15. The van der Waals surface area contributed by atoms with E-state index in [-0.39, 0.29) is 11.5 Å². The van der Waals surface area contributed by atoms with Gasteiger partial charge in [-0.3, -0.25) is 4.79 Å². The van der Waals surface area contributed by atoms with Crippen LogP contribution in [0.1, 0.15) is 24.8 Å². The summed E-state index contributed by atoms with van der Waals surface area (Å²) >= 11 is 0. The Morgan fingerprint density at radius 3 is 2.38 bits per heavy atom. The third-order valence-corrected chi connectivity index (χ3v) is 3.44. The van der Waals surface area contributed by atoms with Gasteiger partial charge in [0.2, 0.25) is 5.91 Å². The van der Waals surface area contributed by atoms with Crippen LogP contribution >= 0.6 is 0 Å². The Hall–Kier alpha value is -2.50. The first-order chi connectivity index (χ1) is 9.83. The number of aliphatic carboxylic acids is 1. The Bertz CT molecular complexity index is 555. The monoisotopic (exact) mass is 293 g/mol. The minimum absolute atomic E-state index is 0.281. The van der Waals surface area contributed by atoms with Crippen molar-refractivity contribution in [1.29, 1.82) is 0 Å². The molecule has 1 rings (SSSR count). The van der Waals surface area contributed by atoms with Gasteiger partial charge in [0.1, 0.15) is 6.04 Å². The summed E-state index contributed by atoms with van der Waals surface area (Å²) in [6.07, 6.45) is 1.49. The van der Waals surface area contributed by atoms with Crippen LogP contribution in [0.25, 0.3) is 0 Å². The summed E-state index contributed by atoms with van der Waals surface area (Å²) in [4.78, 5) is 24.3. The van der Waals surface area contributed by atoms with Gasteiger partial charge in [-0.15, -0.1) is 0 Å². The molecule has 0 saturated heterocycles. The Labute approximate surface area is 122 Å². The zero-order valence-electron chi connectivity index (χ0n) is 12.0. The molecule has 3 N–H and O–H groups in total. The van der Waals surface area contributed by atoms with Crippen LogP contribution in [0.15, 0.2) is 30.9 Å². The maximum Gasteiger partial charge on any atom is 0.327 e. The number of carbonyl (C=O) groups is 2. The number of carboxylic acids is 1. The molecule has 6 nitrogen and oxygen atoms in total. The van der Waals surface area contributed by atoms with Gasteiger partial charge in [-0.25, -0.2) is 4.79 Å². The molecular formula is C15H19NO5. The molecule has 1 aromatic carbocycles. The molecule has 0 aliphatic heterocycles. The topological polar surface area (TPSA) is 98.1 Å². The highest BCUT2D eigenvalue weighted by atomic mass is 16.4. The lowest BCUT2D eigenvalue weighted by atomic mass is 9.88. The van der Waals surface area contributed by atoms with Crippen LogP contribution in [0.4, 0.5) is 0 Å². The highest BCUT2D eigenvalue weighted by Crippen LogP contribution is 2.33. The number of carboxylic acid groups (broad SMARTS) is 1. The smallest absolute Gasteiger partial charge is 0.327 e. The number of hydrogen-bond donors (Lipinski definition) is 3. The first kappa shape index (κ1) is 16.6. The van der Waals surface area contributed by atoms with E-state index in [9.17, 15) is 24.9 Å². The van der Waals surface area contributed by atoms with Gasteiger partial charge in [-0.2, -0.15) is 0 Å². The van der Waals surface area contributed by atoms with E-state index in [0.717, 1.165) is 11.0 Å². The molecule has 2 atom stereocenters. The average molecular weight is 293 g/mol. The van der Waals surface area contributed by atoms with E-state index in [1.54, 1.807) is 6.92 Å². The molecule has 0 aliphatic rings. The third-order valence-electron chi connectivity index (χ3n) is 3.44. The number of hydrogen-bond acceptors (Lipinski definition) is 4. The van der Waals surface area contributed by atoms with Crippen LogP contribution in [0.2, 0.25) is 0 Å². The average Bonchev–Trinajstić information content (AvgIpc) is 2.45. The van der Waals surface area contributed by atoms with Crippen LogP contribution in [-0.4, -0.2) is 45.2 Å². The number of benzene rings is 1. The highest BCUT2D eigenvalue weighted by Gasteiger charge is 2.34. The summed E-state index contributed by atoms with van der Waals surface area (Å²) in [6, 6.07) is 3.04. The lowest BCUT2D eigenvalue weighted by Crippen LogP contribution is -2.45. The number of nitrogens with zero attached hydrogens (tertiary/aromatic N) is 1. The Kier molecular flexibility index (Phi) is 5.35. The standard InChI is InChI=1S/C15H19NO5/c1-4-10(9-6-7-11(17)12(18)8-9)14(15(20)21)16(3)13(19)5-2/h5-8,10,14,17-18H,2,4H2,1,3H3,(H,20,21). The van der Waals surface area contributed by atoms with Crippen molar-refractivity contribution in [2.24, 2.45) is 0 Å². The largest absolute Gasteiger partial charge is 0.504 e. The van der Waals surface area contributed by atoms with Crippen molar-refractivity contribution in [2.45, 2.75) is 25.3 Å². The number of rotatable bonds is 6. The van der Waals surface area contributed by atoms with Gasteiger partial charge in [-0.1, -0.05) is 19.6 Å². The maximum absolute atomic E-state index is 11.7. The fourth-order valence-electron chi connectivity index (χ4n) is 2.30. The quantitative estimate of drug-likeness (QED) is 0.547. The molecule has 0 aliphatic carbocycles. The molecule has 0 radical (unpaired) electrons. The second kappa shape index (κ2) is 6.78. The van der Waals surface area contributed by atoms with Gasteiger partial charge >= 0.3 is 5.97 Å². The molecule has 21 heavy (non-hydrogen) atoms. The number of phenolic OH excluding ortho intramolecular Hbond substituents is 2. The van der Waals surface area contributed by atoms with E-state index < -0.39 is 23.8 Å². The molecule has 114 valence electrons. The van der Waals surface area contributed by atoms with Crippen molar-refractivity contribution < 1.29 is 24.9 Å². The molecule has 1 aromatic rings. The number of aromatic hydroxyl groups is 2. The van der Waals surface area contributed by atoms with Crippen LogP contribution in [0, 0.1) is 0 Å². The Morgan fingerprint density at radius 1 is 1.33 bits per heavy atom. The zero-order valence-corrected chi connectivity index (χ0v) is 12.0. The molecule has 1 amide bonds. The number of likely N-dealkylation sites (N-methyl/N-ethyl adjacent to an activating group) is 1. The van der Waals surface area contributed by atoms with Gasteiger partial charge in [0.25, 0.3) is 0 Å². The summed E-state index contributed by atoms with van der Waals surface area (Å²) in [5.74, 6) is -2.78. The van der Waals surface area contributed by atoms with Gasteiger partial charge in [0, 0.05) is 13.0 Å². The predicted octanol–water partition coefficient (Wildman–Crippen LogP) is 1.69. The highest BCUT2D eigenvalue weighted by molar-refractivity contribution is 5.91. The maximum atomic E-state index is 11.7. The number of amides is 1. The van der Waals surface area contributed by atoms with Crippen molar-refractivity contribution in [3.8, 4) is 11.5 Å². The third kappa shape index (κ3) is 3.53. The van der Waals surface area contributed by atoms with Gasteiger partial charge in [0.15, 0.2) is 11.5 Å². The summed E-state index contributed by atoms with van der Waals surface area (Å²) in [6.45, 7) is 5.14. The molecule has 0 saturated carbocycles. The van der Waals surface area contributed by atoms with Crippen molar-refractivity contribution in [1.82, 2.24) is 4.90 Å². The van der Waals surface area contributed by atoms with E-state index in [1.807, 2.05) is 0 Å². The van der Waals surface area contributed by atoms with E-state index in [2.05, 4.69) is 6.58 Å². The Balaban J connectivity index is 3.24. The molecule has 0 fully saturated rings. The zero-order chi connectivity index (χ0) is 16.2. The fourth-order valence-corrected chi connectivity index (χ4v) is 2.30. The van der Waals surface area contributed by atoms with Gasteiger partial charge < -0.3 is 20.2 Å². The summed E-state index contributed by atoms with van der Waals surface area (Å²) in [7, 11) is 1.39. The fraction of sp³-hybridized carbons (Fsp3) is 0.333. The van der Waals surface area contributed by atoms with Crippen molar-refractivity contribution in [3.63, 3.8) is 0 Å². The Morgan fingerprint density at radius 2 is 1.95 bits per heavy atom. The van der Waals surface area contributed by atoms with Gasteiger partial charge in [0.05, 0.1) is 0 Å². The lowest BCUT2D eigenvalue weighted by Gasteiger charge is -2.30. The van der Waals surface area contributed by atoms with E-state index >= 15 is 0 Å². The van der Waals surface area contributed by atoms with Crippen molar-refractivity contribution in [2.75, 3.05) is 7.05 Å². The van der Waals surface area contributed by atoms with E-state index in [4.69, 9.17) is 0 Å². The van der Waals surface area contributed by atoms with E-state index in [1.165, 1.54) is 25.2 Å². The van der Waals surface area contributed by atoms with Crippen LogP contribution < -0.4 is 0 Å². The molecule has 0 spiro atoms. The normalized spacial score (nSPS) is 13.2. The molecule has 6 heteroatoms. The van der Waals surface area contributed by atoms with Gasteiger partial charge in [-0.05, 0) is 30.2 Å². The summed E-state index contributed by atoms with van der Waals surface area (Å²) < 4.78 is 0. The van der Waals surface area contributed by atoms with E-state index in [0.29, 0.717) is 12.0 Å². The lowest BCUT2D eigenvalue weighted by molar-refractivity contribution is -0.148. The second-order valence-electron chi connectivity index (χ2n) is 4.70. The van der Waals surface area contributed by atoms with Crippen LogP contribution in [-0.2, 0) is 9.59 Å². The molecule has 0 bridgehead atoms. The predicted molar refractivity (Wildman–Crippen MR) is 77.2 cm³/mol. The van der Waals surface area contributed by atoms with Crippen LogP contribution in [0.5, 0.6) is 11.5 Å². The molecular weight excluding hydrogens is 274 g/mol. The van der Waals surface area contributed by atoms with Crippen LogP contribution in [0.3, 0.4) is 0 Å². The molecule has 0 aromatic heterocycles. The second-order valence-corrected chi connectivity index (χ2v) is 4.70. The first-order valence-corrected chi connectivity index (χ1v) is 6.47. The van der Waals surface area contributed by atoms with Crippen molar-refractivity contribution >= 4 is 11.9 Å². The summed E-state index contributed by atoms with van der Waals surface area (Å²) in [5, 5.41) is 28.3. The SMILES string of the molecule is C=CC(=O)N(C)C(C(=O)O)C(CC)c1ccc(O)c(O)c1. The number of carbonyl (C=O) groups excluding carboxylic acids is 1. The number of phenols is 2. The minimum Gasteiger partial charge on any atom is -0.504 e. The summed E-state index contributed by atoms with van der Waals surface area (Å²) in [5.41, 5.74) is 0.531. The first-order valence-electron chi connectivity index (χ1n) is 6.47. The molecule has 2 unspecified atom stereocenters. The van der Waals surface area contributed by atoms with Crippen molar-refractivity contribution in [3.05, 3.63) is 36.4 Å². The molecule has 0 heterocycles.